The fraction of sp³-hybridized carbons (Fsp3) is 0.800. The summed E-state index contributed by atoms with van der Waals surface area (Å²) >= 11 is 4.89. The fourth-order valence-corrected chi connectivity index (χ4v) is 1.40. The van der Waals surface area contributed by atoms with Crippen molar-refractivity contribution >= 4 is 23.1 Å². The molecule has 1 amide bonds. The number of amides is 1. The molecule has 0 aromatic carbocycles. The Kier molecular flexibility index (Phi) is 5.69. The molecule has 0 radical (unpaired) electrons. The molecule has 0 aromatic rings. The Balaban J connectivity index is 4.51. The molecule has 0 aliphatic carbocycles. The molecule has 0 spiro atoms. The van der Waals surface area contributed by atoms with E-state index < -0.39 is 0 Å². The monoisotopic (exact) mass is 216 g/mol. The summed E-state index contributed by atoms with van der Waals surface area (Å²) in [7, 11) is 1.79. The van der Waals surface area contributed by atoms with Crippen LogP contribution in [0.25, 0.3) is 0 Å². The lowest BCUT2D eigenvalue weighted by molar-refractivity contribution is -0.133. The number of rotatable bonds is 5. The molecule has 0 heterocycles. The van der Waals surface area contributed by atoms with Crippen LogP contribution in [0.4, 0.5) is 0 Å². The van der Waals surface area contributed by atoms with Crippen molar-refractivity contribution in [3.8, 4) is 0 Å². The number of thiocarbonyl (C=S) groups is 1. The van der Waals surface area contributed by atoms with E-state index in [-0.39, 0.29) is 17.9 Å². The summed E-state index contributed by atoms with van der Waals surface area (Å²) in [5, 5.41) is 0. The molecule has 0 saturated heterocycles. The maximum atomic E-state index is 11.9. The third-order valence-electron chi connectivity index (χ3n) is 2.34. The SMILES string of the molecule is CCCC(C(=O)N(C)C(C)C)C(N)=S. The standard InChI is InChI=1S/C10H20N2OS/c1-5-6-8(9(11)14)10(13)12(4)7(2)3/h7-8H,5-6H2,1-4H3,(H2,11,14). The second kappa shape index (κ2) is 5.96. The third-order valence-corrected chi connectivity index (χ3v) is 2.63. The topological polar surface area (TPSA) is 46.3 Å². The predicted octanol–water partition coefficient (Wildman–Crippen LogP) is 1.56. The van der Waals surface area contributed by atoms with Crippen molar-refractivity contribution in [1.82, 2.24) is 4.90 Å². The van der Waals surface area contributed by atoms with Crippen LogP contribution in [0.1, 0.15) is 33.6 Å². The van der Waals surface area contributed by atoms with Crippen molar-refractivity contribution in [3.63, 3.8) is 0 Å². The molecular formula is C10H20N2OS. The zero-order valence-corrected chi connectivity index (χ0v) is 10.2. The summed E-state index contributed by atoms with van der Waals surface area (Å²) in [6.07, 6.45) is 1.66. The second-order valence-electron chi connectivity index (χ2n) is 3.79. The minimum Gasteiger partial charge on any atom is -0.393 e. The summed E-state index contributed by atoms with van der Waals surface area (Å²) in [6.45, 7) is 5.97. The van der Waals surface area contributed by atoms with E-state index in [2.05, 4.69) is 0 Å². The van der Waals surface area contributed by atoms with Gasteiger partial charge in [-0.15, -0.1) is 0 Å². The highest BCUT2D eigenvalue weighted by Crippen LogP contribution is 2.12. The van der Waals surface area contributed by atoms with Gasteiger partial charge in [0.1, 0.15) is 0 Å². The summed E-state index contributed by atoms with van der Waals surface area (Å²) in [5.74, 6) is -0.253. The molecule has 2 N–H and O–H groups in total. The molecule has 0 aliphatic heterocycles. The van der Waals surface area contributed by atoms with Gasteiger partial charge in [0.2, 0.25) is 5.91 Å². The van der Waals surface area contributed by atoms with E-state index in [1.165, 1.54) is 0 Å². The zero-order valence-electron chi connectivity index (χ0n) is 9.41. The van der Waals surface area contributed by atoms with Crippen molar-refractivity contribution in [3.05, 3.63) is 0 Å². The van der Waals surface area contributed by atoms with Gasteiger partial charge >= 0.3 is 0 Å². The van der Waals surface area contributed by atoms with E-state index in [4.69, 9.17) is 18.0 Å². The first-order valence-electron chi connectivity index (χ1n) is 4.97. The normalized spacial score (nSPS) is 12.6. The smallest absolute Gasteiger partial charge is 0.232 e. The number of hydrogen-bond acceptors (Lipinski definition) is 2. The van der Waals surface area contributed by atoms with Crippen molar-refractivity contribution < 1.29 is 4.79 Å². The van der Waals surface area contributed by atoms with Crippen LogP contribution in [0.15, 0.2) is 0 Å². The lowest BCUT2D eigenvalue weighted by Crippen LogP contribution is -2.42. The maximum absolute atomic E-state index is 11.9. The van der Waals surface area contributed by atoms with Gasteiger partial charge in [0.25, 0.3) is 0 Å². The number of carbonyl (C=O) groups excluding carboxylic acids is 1. The highest BCUT2D eigenvalue weighted by atomic mass is 32.1. The van der Waals surface area contributed by atoms with Gasteiger partial charge in [0.15, 0.2) is 0 Å². The molecule has 0 aromatic heterocycles. The average molecular weight is 216 g/mol. The fourth-order valence-electron chi connectivity index (χ4n) is 1.18. The van der Waals surface area contributed by atoms with Gasteiger partial charge < -0.3 is 10.6 Å². The summed E-state index contributed by atoms with van der Waals surface area (Å²) < 4.78 is 0. The van der Waals surface area contributed by atoms with Gasteiger partial charge in [-0.1, -0.05) is 25.6 Å². The molecule has 3 nitrogen and oxygen atoms in total. The van der Waals surface area contributed by atoms with Crippen LogP contribution in [0, 0.1) is 5.92 Å². The lowest BCUT2D eigenvalue weighted by atomic mass is 10.0. The van der Waals surface area contributed by atoms with E-state index in [1.807, 2.05) is 20.8 Å². The number of carbonyl (C=O) groups is 1. The Hall–Kier alpha value is -0.640. The molecule has 1 atom stereocenters. The van der Waals surface area contributed by atoms with Crippen LogP contribution in [0.2, 0.25) is 0 Å². The Morgan fingerprint density at radius 1 is 1.50 bits per heavy atom. The summed E-state index contributed by atoms with van der Waals surface area (Å²) in [4.78, 5) is 13.9. The van der Waals surface area contributed by atoms with E-state index in [0.29, 0.717) is 4.99 Å². The summed E-state index contributed by atoms with van der Waals surface area (Å²) in [5.41, 5.74) is 5.55. The van der Waals surface area contributed by atoms with Crippen LogP contribution in [0.3, 0.4) is 0 Å². The molecule has 0 bridgehead atoms. The Morgan fingerprint density at radius 3 is 2.29 bits per heavy atom. The average Bonchev–Trinajstić information content (AvgIpc) is 2.11. The van der Waals surface area contributed by atoms with Gasteiger partial charge in [-0.2, -0.15) is 0 Å². The number of hydrogen-bond donors (Lipinski definition) is 1. The van der Waals surface area contributed by atoms with E-state index in [1.54, 1.807) is 11.9 Å². The van der Waals surface area contributed by atoms with Crippen LogP contribution in [0.5, 0.6) is 0 Å². The first kappa shape index (κ1) is 13.4. The number of nitrogens with two attached hydrogens (primary N) is 1. The molecule has 0 rings (SSSR count). The minimum absolute atomic E-state index is 0.0364. The summed E-state index contributed by atoms with van der Waals surface area (Å²) in [6, 6.07) is 0.191. The molecule has 0 aliphatic rings. The van der Waals surface area contributed by atoms with Crippen molar-refractivity contribution in [2.75, 3.05) is 7.05 Å². The van der Waals surface area contributed by atoms with Gasteiger partial charge in [-0.3, -0.25) is 4.79 Å². The third kappa shape index (κ3) is 3.62. The van der Waals surface area contributed by atoms with Crippen LogP contribution in [-0.2, 0) is 4.79 Å². The first-order valence-corrected chi connectivity index (χ1v) is 5.38. The van der Waals surface area contributed by atoms with Crippen LogP contribution < -0.4 is 5.73 Å². The van der Waals surface area contributed by atoms with Gasteiger partial charge in [0, 0.05) is 13.1 Å². The molecule has 0 fully saturated rings. The quantitative estimate of drug-likeness (QED) is 0.709. The second-order valence-corrected chi connectivity index (χ2v) is 4.26. The minimum atomic E-state index is -0.289. The maximum Gasteiger partial charge on any atom is 0.232 e. The van der Waals surface area contributed by atoms with Gasteiger partial charge in [0.05, 0.1) is 10.9 Å². The highest BCUT2D eigenvalue weighted by molar-refractivity contribution is 7.80. The Labute approximate surface area is 91.6 Å². The molecular weight excluding hydrogens is 196 g/mol. The van der Waals surface area contributed by atoms with E-state index >= 15 is 0 Å². The van der Waals surface area contributed by atoms with Gasteiger partial charge in [-0.25, -0.2) is 0 Å². The Bertz CT molecular complexity index is 216. The Morgan fingerprint density at radius 2 is 2.00 bits per heavy atom. The first-order chi connectivity index (χ1) is 6.41. The van der Waals surface area contributed by atoms with Crippen LogP contribution in [-0.4, -0.2) is 28.9 Å². The number of nitrogens with zero attached hydrogens (tertiary/aromatic N) is 1. The molecule has 1 unspecified atom stereocenters. The highest BCUT2D eigenvalue weighted by Gasteiger charge is 2.24. The van der Waals surface area contributed by atoms with Crippen LogP contribution >= 0.6 is 12.2 Å². The largest absolute Gasteiger partial charge is 0.393 e. The van der Waals surface area contributed by atoms with Crippen molar-refractivity contribution in [2.45, 2.75) is 39.7 Å². The lowest BCUT2D eigenvalue weighted by Gasteiger charge is -2.26. The van der Waals surface area contributed by atoms with Crippen molar-refractivity contribution in [2.24, 2.45) is 11.7 Å². The van der Waals surface area contributed by atoms with Gasteiger partial charge in [-0.05, 0) is 20.3 Å². The van der Waals surface area contributed by atoms with Crippen molar-refractivity contribution in [1.29, 1.82) is 0 Å². The molecule has 0 saturated carbocycles. The zero-order chi connectivity index (χ0) is 11.3. The molecule has 14 heavy (non-hydrogen) atoms. The molecule has 82 valence electrons. The predicted molar refractivity (Wildman–Crippen MR) is 63.1 cm³/mol. The molecule has 4 heteroatoms. The van der Waals surface area contributed by atoms with E-state index in [9.17, 15) is 4.79 Å². The van der Waals surface area contributed by atoms with E-state index in [0.717, 1.165) is 12.8 Å².